The van der Waals surface area contributed by atoms with E-state index in [4.69, 9.17) is 15.2 Å². The number of hydrogen-bond acceptors (Lipinski definition) is 4. The van der Waals surface area contributed by atoms with Crippen LogP contribution in [-0.2, 0) is 0 Å². The van der Waals surface area contributed by atoms with Crippen LogP contribution in [0.2, 0.25) is 0 Å². The molecule has 3 N–H and O–H groups in total. The summed E-state index contributed by atoms with van der Waals surface area (Å²) in [7, 11) is 3.10. The Labute approximate surface area is 119 Å². The fraction of sp³-hybridized carbons (Fsp3) is 0.462. The van der Waals surface area contributed by atoms with E-state index in [9.17, 15) is 4.79 Å². The number of carbonyl (C=O) groups excluding carboxylic acids is 1. The van der Waals surface area contributed by atoms with Gasteiger partial charge in [0.15, 0.2) is 11.5 Å². The smallest absolute Gasteiger partial charge is 0.251 e. The minimum Gasteiger partial charge on any atom is -0.493 e. The van der Waals surface area contributed by atoms with Crippen molar-refractivity contribution in [3.63, 3.8) is 0 Å². The third kappa shape index (κ3) is 4.29. The first kappa shape index (κ1) is 17.5. The van der Waals surface area contributed by atoms with E-state index in [-0.39, 0.29) is 24.4 Å². The van der Waals surface area contributed by atoms with Crippen LogP contribution in [0.4, 0.5) is 0 Å². The van der Waals surface area contributed by atoms with Crippen molar-refractivity contribution in [2.45, 2.75) is 19.9 Å². The van der Waals surface area contributed by atoms with Gasteiger partial charge in [0.2, 0.25) is 0 Å². The van der Waals surface area contributed by atoms with Gasteiger partial charge in [-0.25, -0.2) is 0 Å². The number of benzene rings is 1. The van der Waals surface area contributed by atoms with Gasteiger partial charge in [-0.15, -0.1) is 12.4 Å². The first-order chi connectivity index (χ1) is 8.53. The van der Waals surface area contributed by atoms with Crippen LogP contribution in [0.5, 0.6) is 11.5 Å². The number of amides is 1. The Morgan fingerprint density at radius 1 is 1.32 bits per heavy atom. The van der Waals surface area contributed by atoms with Crippen molar-refractivity contribution >= 4 is 18.3 Å². The maximum atomic E-state index is 12.0. The summed E-state index contributed by atoms with van der Waals surface area (Å²) in [4.78, 5) is 12.0. The molecule has 1 rings (SSSR count). The average molecular weight is 289 g/mol. The van der Waals surface area contributed by atoms with Gasteiger partial charge in [0.25, 0.3) is 5.91 Å². The molecule has 0 aliphatic rings. The minimum atomic E-state index is -0.161. The molecule has 1 atom stereocenters. The zero-order chi connectivity index (χ0) is 13.7. The highest BCUT2D eigenvalue weighted by Gasteiger charge is 2.15. The van der Waals surface area contributed by atoms with Crippen LogP contribution in [-0.4, -0.2) is 32.7 Å². The summed E-state index contributed by atoms with van der Waals surface area (Å²) in [5.74, 6) is 0.985. The Kier molecular flexibility index (Phi) is 7.26. The Hall–Kier alpha value is -1.46. The Balaban J connectivity index is 0.00000324. The average Bonchev–Trinajstić information content (AvgIpc) is 2.37. The summed E-state index contributed by atoms with van der Waals surface area (Å²) in [6, 6.07) is 3.39. The molecule has 1 aromatic rings. The van der Waals surface area contributed by atoms with E-state index < -0.39 is 0 Å². The van der Waals surface area contributed by atoms with E-state index in [1.165, 1.54) is 7.11 Å². The number of nitrogens with one attached hydrogen (secondary N) is 1. The lowest BCUT2D eigenvalue weighted by Crippen LogP contribution is -2.38. The SMILES string of the molecule is COc1cc(C)c(C(=O)N[C@@H](C)CN)cc1OC.Cl. The number of aryl methyl sites for hydroxylation is 1. The van der Waals surface area contributed by atoms with Crippen LogP contribution >= 0.6 is 12.4 Å². The highest BCUT2D eigenvalue weighted by molar-refractivity contribution is 5.96. The maximum absolute atomic E-state index is 12.0. The molecule has 19 heavy (non-hydrogen) atoms. The molecule has 0 spiro atoms. The molecule has 0 unspecified atom stereocenters. The summed E-state index contributed by atoms with van der Waals surface area (Å²) in [5.41, 5.74) is 6.87. The van der Waals surface area contributed by atoms with Crippen molar-refractivity contribution in [1.82, 2.24) is 5.32 Å². The van der Waals surface area contributed by atoms with E-state index in [2.05, 4.69) is 5.32 Å². The van der Waals surface area contributed by atoms with Gasteiger partial charge in [-0.1, -0.05) is 0 Å². The molecule has 0 saturated heterocycles. The number of rotatable bonds is 5. The first-order valence-electron chi connectivity index (χ1n) is 5.77. The Morgan fingerprint density at radius 3 is 2.32 bits per heavy atom. The van der Waals surface area contributed by atoms with Gasteiger partial charge in [-0.2, -0.15) is 0 Å². The summed E-state index contributed by atoms with van der Waals surface area (Å²) in [5, 5.41) is 2.82. The van der Waals surface area contributed by atoms with E-state index in [1.54, 1.807) is 19.2 Å². The van der Waals surface area contributed by atoms with Gasteiger partial charge in [-0.05, 0) is 31.5 Å². The largest absolute Gasteiger partial charge is 0.493 e. The zero-order valence-corrected chi connectivity index (χ0v) is 12.5. The predicted octanol–water partition coefficient (Wildman–Crippen LogP) is 1.51. The molecule has 0 fully saturated rings. The summed E-state index contributed by atoms with van der Waals surface area (Å²) < 4.78 is 10.4. The van der Waals surface area contributed by atoms with E-state index in [0.29, 0.717) is 23.6 Å². The lowest BCUT2D eigenvalue weighted by molar-refractivity contribution is 0.0940. The summed E-state index contributed by atoms with van der Waals surface area (Å²) in [6.07, 6.45) is 0. The van der Waals surface area contributed by atoms with Crippen LogP contribution < -0.4 is 20.5 Å². The van der Waals surface area contributed by atoms with Gasteiger partial charge in [0, 0.05) is 18.2 Å². The molecule has 6 heteroatoms. The minimum absolute atomic E-state index is 0. The second kappa shape index (κ2) is 7.86. The van der Waals surface area contributed by atoms with E-state index >= 15 is 0 Å². The number of ether oxygens (including phenoxy) is 2. The number of nitrogens with two attached hydrogens (primary N) is 1. The highest BCUT2D eigenvalue weighted by atomic mass is 35.5. The van der Waals surface area contributed by atoms with Gasteiger partial charge in [0.05, 0.1) is 14.2 Å². The van der Waals surface area contributed by atoms with E-state index in [0.717, 1.165) is 5.56 Å². The van der Waals surface area contributed by atoms with Crippen molar-refractivity contribution in [2.75, 3.05) is 20.8 Å². The fourth-order valence-corrected chi connectivity index (χ4v) is 1.59. The normalized spacial score (nSPS) is 11.2. The van der Waals surface area contributed by atoms with Crippen molar-refractivity contribution in [3.8, 4) is 11.5 Å². The molecular weight excluding hydrogens is 268 g/mol. The molecule has 0 aromatic heterocycles. The van der Waals surface area contributed by atoms with Crippen LogP contribution in [0.1, 0.15) is 22.8 Å². The second-order valence-electron chi connectivity index (χ2n) is 4.13. The number of halogens is 1. The third-order valence-corrected chi connectivity index (χ3v) is 2.71. The van der Waals surface area contributed by atoms with Crippen molar-refractivity contribution in [1.29, 1.82) is 0 Å². The van der Waals surface area contributed by atoms with Crippen LogP contribution in [0.3, 0.4) is 0 Å². The standard InChI is InChI=1S/C13H20N2O3.ClH/c1-8-5-11(17-3)12(18-4)6-10(8)13(16)15-9(2)7-14;/h5-6,9H,7,14H2,1-4H3,(H,15,16);1H/t9-;/m0./s1. The number of hydrogen-bond donors (Lipinski definition) is 2. The van der Waals surface area contributed by atoms with Crippen LogP contribution in [0.25, 0.3) is 0 Å². The quantitative estimate of drug-likeness (QED) is 0.861. The van der Waals surface area contributed by atoms with Gasteiger partial charge in [-0.3, -0.25) is 4.79 Å². The Bertz CT molecular complexity index is 438. The molecule has 1 amide bonds. The van der Waals surface area contributed by atoms with Crippen LogP contribution in [0.15, 0.2) is 12.1 Å². The lowest BCUT2D eigenvalue weighted by Gasteiger charge is -2.15. The second-order valence-corrected chi connectivity index (χ2v) is 4.13. The molecular formula is C13H21ClN2O3. The van der Waals surface area contributed by atoms with Crippen molar-refractivity contribution in [2.24, 2.45) is 5.73 Å². The topological polar surface area (TPSA) is 73.6 Å². The van der Waals surface area contributed by atoms with Crippen molar-refractivity contribution in [3.05, 3.63) is 23.3 Å². The lowest BCUT2D eigenvalue weighted by atomic mass is 10.1. The van der Waals surface area contributed by atoms with Crippen molar-refractivity contribution < 1.29 is 14.3 Å². The monoisotopic (exact) mass is 288 g/mol. The van der Waals surface area contributed by atoms with Gasteiger partial charge >= 0.3 is 0 Å². The maximum Gasteiger partial charge on any atom is 0.251 e. The summed E-state index contributed by atoms with van der Waals surface area (Å²) in [6.45, 7) is 4.11. The predicted molar refractivity (Wildman–Crippen MR) is 77.5 cm³/mol. The highest BCUT2D eigenvalue weighted by Crippen LogP contribution is 2.30. The molecule has 1 aromatic carbocycles. The zero-order valence-electron chi connectivity index (χ0n) is 11.6. The molecule has 0 bridgehead atoms. The molecule has 0 aliphatic carbocycles. The molecule has 0 saturated carbocycles. The number of carbonyl (C=O) groups is 1. The van der Waals surface area contributed by atoms with Crippen LogP contribution in [0, 0.1) is 6.92 Å². The van der Waals surface area contributed by atoms with E-state index in [1.807, 2.05) is 13.8 Å². The van der Waals surface area contributed by atoms with Gasteiger partial charge < -0.3 is 20.5 Å². The fourth-order valence-electron chi connectivity index (χ4n) is 1.59. The molecule has 0 aliphatic heterocycles. The molecule has 0 radical (unpaired) electrons. The Morgan fingerprint density at radius 2 is 1.84 bits per heavy atom. The molecule has 108 valence electrons. The first-order valence-corrected chi connectivity index (χ1v) is 5.77. The molecule has 5 nitrogen and oxygen atoms in total. The third-order valence-electron chi connectivity index (χ3n) is 2.71. The molecule has 0 heterocycles. The number of methoxy groups -OCH3 is 2. The van der Waals surface area contributed by atoms with Gasteiger partial charge in [0.1, 0.15) is 0 Å². The summed E-state index contributed by atoms with van der Waals surface area (Å²) >= 11 is 0.